The Hall–Kier alpha value is -2.11. The number of aromatic amines is 1. The molecule has 5 heteroatoms. The van der Waals surface area contributed by atoms with Crippen LogP contribution in [0.25, 0.3) is 10.9 Å². The lowest BCUT2D eigenvalue weighted by molar-refractivity contribution is 0.304. The average molecular weight is 439 g/mol. The highest BCUT2D eigenvalue weighted by molar-refractivity contribution is 7.92. The van der Waals surface area contributed by atoms with Gasteiger partial charge in [-0.1, -0.05) is 50.2 Å². The van der Waals surface area contributed by atoms with E-state index in [9.17, 15) is 8.42 Å². The van der Waals surface area contributed by atoms with E-state index in [-0.39, 0.29) is 5.92 Å². The van der Waals surface area contributed by atoms with Gasteiger partial charge in [0.1, 0.15) is 0 Å². The van der Waals surface area contributed by atoms with Gasteiger partial charge in [-0.3, -0.25) is 0 Å². The number of hydrogen-bond acceptors (Lipinski definition) is 3. The van der Waals surface area contributed by atoms with Crippen molar-refractivity contribution in [3.63, 3.8) is 0 Å². The van der Waals surface area contributed by atoms with E-state index in [0.29, 0.717) is 23.2 Å². The maximum absolute atomic E-state index is 14.0. The largest absolute Gasteiger partial charge is 0.361 e. The topological polar surface area (TPSA) is 62.0 Å². The van der Waals surface area contributed by atoms with Crippen LogP contribution in [0.1, 0.15) is 51.0 Å². The number of para-hydroxylation sites is 1. The van der Waals surface area contributed by atoms with E-state index in [1.807, 2.05) is 30.3 Å². The molecule has 2 N–H and O–H groups in total. The van der Waals surface area contributed by atoms with Crippen LogP contribution in [-0.2, 0) is 9.84 Å². The van der Waals surface area contributed by atoms with Crippen LogP contribution in [0.5, 0.6) is 0 Å². The molecule has 1 saturated heterocycles. The van der Waals surface area contributed by atoms with Crippen molar-refractivity contribution in [2.75, 3.05) is 13.1 Å². The zero-order chi connectivity index (χ0) is 21.8. The molecule has 2 aromatic carbocycles. The number of hydrogen-bond donors (Lipinski definition) is 2. The maximum atomic E-state index is 14.0. The monoisotopic (exact) mass is 438 g/mol. The summed E-state index contributed by atoms with van der Waals surface area (Å²) >= 11 is 0. The van der Waals surface area contributed by atoms with Gasteiger partial charge in [0.25, 0.3) is 0 Å². The van der Waals surface area contributed by atoms with Crippen LogP contribution < -0.4 is 5.32 Å². The zero-order valence-corrected chi connectivity index (χ0v) is 19.4. The summed E-state index contributed by atoms with van der Waals surface area (Å²) in [6, 6.07) is 17.3. The molecule has 0 amide bonds. The standard InChI is InChI=1S/C26H34N2O2S/c1-19(2)14-15-25(31(29,30)21-10-4-3-5-11-21)26(20-9-8-16-27-17-20)23-18-28-24-13-7-6-12-22(23)24/h3-7,10-13,18-20,25-28H,8-9,14-17H2,1-2H3. The van der Waals surface area contributed by atoms with E-state index in [4.69, 9.17) is 0 Å². The van der Waals surface area contributed by atoms with Crippen LogP contribution in [0.2, 0.25) is 0 Å². The minimum atomic E-state index is -3.48. The Kier molecular flexibility index (Phi) is 6.83. The Morgan fingerprint density at radius 2 is 1.74 bits per heavy atom. The molecule has 4 rings (SSSR count). The molecule has 3 atom stereocenters. The van der Waals surface area contributed by atoms with Gasteiger partial charge in [-0.15, -0.1) is 0 Å². The molecule has 2 heterocycles. The second-order valence-electron chi connectivity index (χ2n) is 9.29. The lowest BCUT2D eigenvalue weighted by atomic mass is 9.78. The van der Waals surface area contributed by atoms with Crippen LogP contribution in [0.3, 0.4) is 0 Å². The molecular formula is C26H34N2O2S. The number of nitrogens with one attached hydrogen (secondary N) is 2. The SMILES string of the molecule is CC(C)CCC(C(c1c[nH]c2ccccc12)C1CCCNC1)S(=O)(=O)c1ccccc1. The Bertz CT molecular complexity index is 1080. The van der Waals surface area contributed by atoms with Gasteiger partial charge in [0.05, 0.1) is 10.1 Å². The molecule has 1 aromatic heterocycles. The highest BCUT2D eigenvalue weighted by atomic mass is 32.2. The lowest BCUT2D eigenvalue weighted by Gasteiger charge is -2.36. The van der Waals surface area contributed by atoms with Crippen molar-refractivity contribution in [2.45, 2.75) is 55.6 Å². The first-order chi connectivity index (χ1) is 15.0. The normalized spacial score (nSPS) is 19.5. The highest BCUT2D eigenvalue weighted by Gasteiger charge is 2.41. The number of piperidine rings is 1. The summed E-state index contributed by atoms with van der Waals surface area (Å²) in [6.07, 6.45) is 5.78. The second kappa shape index (κ2) is 9.58. The van der Waals surface area contributed by atoms with Gasteiger partial charge in [-0.05, 0) is 74.4 Å². The summed E-state index contributed by atoms with van der Waals surface area (Å²) < 4.78 is 28.1. The van der Waals surface area contributed by atoms with Gasteiger partial charge in [0, 0.05) is 23.0 Å². The number of H-pyrrole nitrogens is 1. The van der Waals surface area contributed by atoms with Crippen molar-refractivity contribution in [1.82, 2.24) is 10.3 Å². The summed E-state index contributed by atoms with van der Waals surface area (Å²) in [5, 5.41) is 4.24. The third-order valence-electron chi connectivity index (χ3n) is 6.72. The highest BCUT2D eigenvalue weighted by Crippen LogP contribution is 2.42. The minimum absolute atomic E-state index is 0.0482. The van der Waals surface area contributed by atoms with Gasteiger partial charge < -0.3 is 10.3 Å². The van der Waals surface area contributed by atoms with Crippen LogP contribution in [0.15, 0.2) is 65.7 Å². The number of benzene rings is 2. The molecule has 31 heavy (non-hydrogen) atoms. The second-order valence-corrected chi connectivity index (χ2v) is 11.5. The summed E-state index contributed by atoms with van der Waals surface area (Å²) in [6.45, 7) is 6.23. The summed E-state index contributed by atoms with van der Waals surface area (Å²) in [4.78, 5) is 3.85. The van der Waals surface area contributed by atoms with Crippen molar-refractivity contribution < 1.29 is 8.42 Å². The molecule has 1 aliphatic rings. The van der Waals surface area contributed by atoms with Crippen LogP contribution in [0, 0.1) is 11.8 Å². The van der Waals surface area contributed by atoms with Crippen LogP contribution in [0.4, 0.5) is 0 Å². The van der Waals surface area contributed by atoms with Gasteiger partial charge in [-0.25, -0.2) is 8.42 Å². The molecule has 0 bridgehead atoms. The molecule has 3 aromatic rings. The van der Waals surface area contributed by atoms with E-state index in [0.717, 1.165) is 48.8 Å². The fourth-order valence-electron chi connectivity index (χ4n) is 5.12. The van der Waals surface area contributed by atoms with Crippen molar-refractivity contribution in [3.05, 3.63) is 66.4 Å². The third kappa shape index (κ3) is 4.73. The van der Waals surface area contributed by atoms with E-state index in [1.165, 1.54) is 0 Å². The molecule has 4 nitrogen and oxygen atoms in total. The van der Waals surface area contributed by atoms with E-state index in [1.54, 1.807) is 12.1 Å². The molecule has 1 fully saturated rings. The van der Waals surface area contributed by atoms with Gasteiger partial charge in [0.15, 0.2) is 9.84 Å². The Morgan fingerprint density at radius 1 is 1.00 bits per heavy atom. The average Bonchev–Trinajstić information content (AvgIpc) is 3.21. The molecule has 1 aliphatic heterocycles. The number of rotatable bonds is 8. The predicted molar refractivity (Wildman–Crippen MR) is 128 cm³/mol. The Balaban J connectivity index is 1.85. The molecule has 166 valence electrons. The quantitative estimate of drug-likeness (QED) is 0.486. The zero-order valence-electron chi connectivity index (χ0n) is 18.6. The third-order valence-corrected chi connectivity index (χ3v) is 8.98. The maximum Gasteiger partial charge on any atom is 0.181 e. The fraction of sp³-hybridized carbons (Fsp3) is 0.462. The van der Waals surface area contributed by atoms with E-state index in [2.05, 4.69) is 42.5 Å². The first kappa shape index (κ1) is 22.1. The predicted octanol–water partition coefficient (Wildman–Crippen LogP) is 5.53. The minimum Gasteiger partial charge on any atom is -0.361 e. The van der Waals surface area contributed by atoms with Crippen LogP contribution >= 0.6 is 0 Å². The molecule has 0 radical (unpaired) electrons. The molecule has 0 spiro atoms. The fourth-order valence-corrected chi connectivity index (χ4v) is 7.21. The number of fused-ring (bicyclic) bond motifs is 1. The summed E-state index contributed by atoms with van der Waals surface area (Å²) in [7, 11) is -3.48. The Morgan fingerprint density at radius 3 is 2.45 bits per heavy atom. The molecule has 3 unspecified atom stereocenters. The molecular weight excluding hydrogens is 404 g/mol. The summed E-state index contributed by atoms with van der Waals surface area (Å²) in [5.41, 5.74) is 2.23. The van der Waals surface area contributed by atoms with Crippen molar-refractivity contribution in [1.29, 1.82) is 0 Å². The molecule has 0 aliphatic carbocycles. The van der Waals surface area contributed by atoms with Crippen molar-refractivity contribution in [2.24, 2.45) is 11.8 Å². The lowest BCUT2D eigenvalue weighted by Crippen LogP contribution is -2.40. The first-order valence-electron chi connectivity index (χ1n) is 11.5. The first-order valence-corrected chi connectivity index (χ1v) is 13.1. The van der Waals surface area contributed by atoms with Gasteiger partial charge in [0.2, 0.25) is 0 Å². The molecule has 0 saturated carbocycles. The number of sulfone groups is 1. The van der Waals surface area contributed by atoms with Crippen molar-refractivity contribution >= 4 is 20.7 Å². The van der Waals surface area contributed by atoms with E-state index < -0.39 is 15.1 Å². The number of aromatic nitrogens is 1. The summed E-state index contributed by atoms with van der Waals surface area (Å²) in [5.74, 6) is 0.707. The van der Waals surface area contributed by atoms with Crippen molar-refractivity contribution in [3.8, 4) is 0 Å². The van der Waals surface area contributed by atoms with Gasteiger partial charge >= 0.3 is 0 Å². The van der Waals surface area contributed by atoms with Gasteiger partial charge in [-0.2, -0.15) is 0 Å². The van der Waals surface area contributed by atoms with Crippen LogP contribution in [-0.4, -0.2) is 31.7 Å². The Labute approximate surface area is 186 Å². The smallest absolute Gasteiger partial charge is 0.181 e. The van der Waals surface area contributed by atoms with E-state index >= 15 is 0 Å².